The topological polar surface area (TPSA) is 73.2 Å². The first-order chi connectivity index (χ1) is 16.0. The molecule has 0 aliphatic heterocycles. The molecule has 0 radical (unpaired) electrons. The van der Waals surface area contributed by atoms with Gasteiger partial charge in [-0.3, -0.25) is 14.2 Å². The van der Waals surface area contributed by atoms with Crippen molar-refractivity contribution in [2.45, 2.75) is 19.0 Å². The molecule has 0 saturated carbocycles. The molecule has 1 aromatic heterocycles. The molecular weight excluding hydrogens is 434 g/mol. The fourth-order valence-corrected chi connectivity index (χ4v) is 4.45. The maximum Gasteiger partial charge on any atom is 0.266 e. The predicted octanol–water partition coefficient (Wildman–Crippen LogP) is 4.29. The third-order valence-electron chi connectivity index (χ3n) is 5.18. The second kappa shape index (κ2) is 10.4. The van der Waals surface area contributed by atoms with E-state index in [1.807, 2.05) is 80.6 Å². The van der Waals surface area contributed by atoms with Crippen LogP contribution in [-0.2, 0) is 4.79 Å². The SMILES string of the molecule is Cc1cccc(C)c1-n1c(SCC(=O)NCCOc2ccccc2)nc2ccccc2c1=O. The van der Waals surface area contributed by atoms with Crippen molar-refractivity contribution in [1.29, 1.82) is 0 Å². The number of thioether (sulfide) groups is 1. The summed E-state index contributed by atoms with van der Waals surface area (Å²) in [7, 11) is 0. The minimum atomic E-state index is -0.146. The summed E-state index contributed by atoms with van der Waals surface area (Å²) in [4.78, 5) is 30.6. The van der Waals surface area contributed by atoms with E-state index in [4.69, 9.17) is 9.72 Å². The Morgan fingerprint density at radius 1 is 0.970 bits per heavy atom. The minimum Gasteiger partial charge on any atom is -0.492 e. The van der Waals surface area contributed by atoms with E-state index in [0.717, 1.165) is 22.6 Å². The zero-order valence-electron chi connectivity index (χ0n) is 18.6. The molecule has 0 aliphatic rings. The molecule has 0 fully saturated rings. The molecule has 0 unspecified atom stereocenters. The summed E-state index contributed by atoms with van der Waals surface area (Å²) in [5.74, 6) is 0.757. The van der Waals surface area contributed by atoms with Crippen LogP contribution in [-0.4, -0.2) is 34.4 Å². The van der Waals surface area contributed by atoms with E-state index in [0.29, 0.717) is 29.2 Å². The fourth-order valence-electron chi connectivity index (χ4n) is 3.62. The van der Waals surface area contributed by atoms with Gasteiger partial charge in [-0.1, -0.05) is 60.3 Å². The molecule has 0 spiro atoms. The van der Waals surface area contributed by atoms with Gasteiger partial charge in [-0.25, -0.2) is 4.98 Å². The number of nitrogens with one attached hydrogen (secondary N) is 1. The van der Waals surface area contributed by atoms with Crippen LogP contribution in [0.25, 0.3) is 16.6 Å². The number of rotatable bonds is 8. The molecular formula is C26H25N3O3S. The van der Waals surface area contributed by atoms with Crippen molar-refractivity contribution in [2.75, 3.05) is 18.9 Å². The zero-order chi connectivity index (χ0) is 23.2. The number of fused-ring (bicyclic) bond motifs is 1. The van der Waals surface area contributed by atoms with E-state index in [1.54, 1.807) is 10.6 Å². The van der Waals surface area contributed by atoms with Crippen LogP contribution >= 0.6 is 11.8 Å². The van der Waals surface area contributed by atoms with Crippen molar-refractivity contribution < 1.29 is 9.53 Å². The highest BCUT2D eigenvalue weighted by atomic mass is 32.2. The lowest BCUT2D eigenvalue weighted by molar-refractivity contribution is -0.118. The molecule has 0 atom stereocenters. The Kier molecular flexibility index (Phi) is 7.10. The highest BCUT2D eigenvalue weighted by Gasteiger charge is 2.17. The van der Waals surface area contributed by atoms with Crippen molar-refractivity contribution in [3.8, 4) is 11.4 Å². The summed E-state index contributed by atoms with van der Waals surface area (Å²) in [6.45, 7) is 4.71. The van der Waals surface area contributed by atoms with E-state index in [9.17, 15) is 9.59 Å². The van der Waals surface area contributed by atoms with Gasteiger partial charge in [0.15, 0.2) is 5.16 Å². The Morgan fingerprint density at radius 2 is 1.67 bits per heavy atom. The van der Waals surface area contributed by atoms with E-state index in [2.05, 4.69) is 5.32 Å². The van der Waals surface area contributed by atoms with E-state index in [-0.39, 0.29) is 17.2 Å². The van der Waals surface area contributed by atoms with E-state index in [1.165, 1.54) is 11.8 Å². The van der Waals surface area contributed by atoms with Crippen LogP contribution in [0.1, 0.15) is 11.1 Å². The summed E-state index contributed by atoms with van der Waals surface area (Å²) in [6.07, 6.45) is 0. The number of hydrogen-bond donors (Lipinski definition) is 1. The van der Waals surface area contributed by atoms with E-state index >= 15 is 0 Å². The van der Waals surface area contributed by atoms with Crippen molar-refractivity contribution in [3.05, 3.63) is 94.3 Å². The molecule has 0 aliphatic carbocycles. The molecule has 168 valence electrons. The third kappa shape index (κ3) is 5.26. The molecule has 0 saturated heterocycles. The first-order valence-electron chi connectivity index (χ1n) is 10.7. The molecule has 1 heterocycles. The fraction of sp³-hybridized carbons (Fsp3) is 0.192. The van der Waals surface area contributed by atoms with Crippen LogP contribution in [0.3, 0.4) is 0 Å². The van der Waals surface area contributed by atoms with Gasteiger partial charge in [0.1, 0.15) is 12.4 Å². The Balaban J connectivity index is 1.52. The van der Waals surface area contributed by atoms with Gasteiger partial charge in [-0.2, -0.15) is 0 Å². The second-order valence-electron chi connectivity index (χ2n) is 7.59. The molecule has 3 aromatic carbocycles. The van der Waals surface area contributed by atoms with Gasteiger partial charge in [0.25, 0.3) is 5.56 Å². The highest BCUT2D eigenvalue weighted by molar-refractivity contribution is 7.99. The number of aryl methyl sites for hydroxylation is 2. The average molecular weight is 460 g/mol. The van der Waals surface area contributed by atoms with Crippen LogP contribution in [0.5, 0.6) is 5.75 Å². The number of nitrogens with zero attached hydrogens (tertiary/aromatic N) is 2. The van der Waals surface area contributed by atoms with Gasteiger partial charge in [-0.05, 0) is 49.2 Å². The maximum absolute atomic E-state index is 13.4. The van der Waals surface area contributed by atoms with Crippen LogP contribution < -0.4 is 15.6 Å². The van der Waals surface area contributed by atoms with Gasteiger partial charge in [-0.15, -0.1) is 0 Å². The van der Waals surface area contributed by atoms with Crippen LogP contribution in [0.2, 0.25) is 0 Å². The number of para-hydroxylation sites is 3. The van der Waals surface area contributed by atoms with Crippen molar-refractivity contribution in [2.24, 2.45) is 0 Å². The first kappa shape index (κ1) is 22.6. The predicted molar refractivity (Wildman–Crippen MR) is 132 cm³/mol. The summed E-state index contributed by atoms with van der Waals surface area (Å²) in [5, 5.41) is 3.90. The number of ether oxygens (including phenoxy) is 1. The lowest BCUT2D eigenvalue weighted by atomic mass is 10.1. The van der Waals surface area contributed by atoms with Crippen molar-refractivity contribution >= 4 is 28.6 Å². The van der Waals surface area contributed by atoms with Crippen LogP contribution in [0.4, 0.5) is 0 Å². The molecule has 7 heteroatoms. The number of aromatic nitrogens is 2. The third-order valence-corrected chi connectivity index (χ3v) is 6.12. The molecule has 6 nitrogen and oxygen atoms in total. The average Bonchev–Trinajstić information content (AvgIpc) is 2.82. The molecule has 4 aromatic rings. The number of benzene rings is 3. The largest absolute Gasteiger partial charge is 0.492 e. The second-order valence-corrected chi connectivity index (χ2v) is 8.54. The van der Waals surface area contributed by atoms with Gasteiger partial charge in [0.05, 0.1) is 28.9 Å². The van der Waals surface area contributed by atoms with Crippen LogP contribution in [0.15, 0.2) is 82.7 Å². The Bertz CT molecular complexity index is 1320. The normalized spacial score (nSPS) is 10.8. The smallest absolute Gasteiger partial charge is 0.266 e. The molecule has 33 heavy (non-hydrogen) atoms. The first-order valence-corrected chi connectivity index (χ1v) is 11.7. The van der Waals surface area contributed by atoms with Gasteiger partial charge >= 0.3 is 0 Å². The number of carbonyl (C=O) groups excluding carboxylic acids is 1. The monoisotopic (exact) mass is 459 g/mol. The number of amides is 1. The Labute approximate surface area is 196 Å². The lowest BCUT2D eigenvalue weighted by Crippen LogP contribution is -2.30. The summed E-state index contributed by atoms with van der Waals surface area (Å²) in [5.41, 5.74) is 3.22. The van der Waals surface area contributed by atoms with Crippen molar-refractivity contribution in [1.82, 2.24) is 14.9 Å². The molecule has 0 bridgehead atoms. The summed E-state index contributed by atoms with van der Waals surface area (Å²) >= 11 is 1.25. The van der Waals surface area contributed by atoms with Gasteiger partial charge in [0.2, 0.25) is 5.91 Å². The zero-order valence-corrected chi connectivity index (χ0v) is 19.4. The summed E-state index contributed by atoms with van der Waals surface area (Å²) < 4.78 is 7.24. The van der Waals surface area contributed by atoms with Gasteiger partial charge < -0.3 is 10.1 Å². The Hall–Kier alpha value is -3.58. The molecule has 1 amide bonds. The quantitative estimate of drug-likeness (QED) is 0.242. The summed E-state index contributed by atoms with van der Waals surface area (Å²) in [6, 6.07) is 22.6. The maximum atomic E-state index is 13.4. The van der Waals surface area contributed by atoms with Crippen LogP contribution in [0, 0.1) is 13.8 Å². The number of hydrogen-bond acceptors (Lipinski definition) is 5. The lowest BCUT2D eigenvalue weighted by Gasteiger charge is -2.17. The van der Waals surface area contributed by atoms with Gasteiger partial charge in [0, 0.05) is 0 Å². The minimum absolute atomic E-state index is 0.140. The van der Waals surface area contributed by atoms with E-state index < -0.39 is 0 Å². The van der Waals surface area contributed by atoms with Crippen molar-refractivity contribution in [3.63, 3.8) is 0 Å². The molecule has 1 N–H and O–H groups in total. The Morgan fingerprint density at radius 3 is 2.42 bits per heavy atom. The highest BCUT2D eigenvalue weighted by Crippen LogP contribution is 2.25. The number of carbonyl (C=O) groups is 1. The molecule has 4 rings (SSSR count). The standard InChI is InChI=1S/C26H25N3O3S/c1-18-9-8-10-19(2)24(18)29-25(31)21-13-6-7-14-22(21)28-26(29)33-17-23(30)27-15-16-32-20-11-4-3-5-12-20/h3-14H,15-17H2,1-2H3,(H,27,30).